The number of nitrogens with zero attached hydrogens (tertiary/aromatic N) is 2. The summed E-state index contributed by atoms with van der Waals surface area (Å²) in [4.78, 5) is 30.6. The smallest absolute Gasteiger partial charge is 0.264 e. The lowest BCUT2D eigenvalue weighted by atomic mass is 9.94. The Morgan fingerprint density at radius 3 is 2.02 bits per heavy atom. The standard InChI is InChI=1S/C39H45N3O4S/c1-29-22-24-35(25-23-29)47(45,46)42(36-21-13-14-30(2)31(36)3)28-38(43)41(27-33-17-9-5-10-18-33)37(26-32-15-7-4-8-16-32)39(44)40-34-19-11-6-12-20-34/h4-5,7-10,13-18,21-25,34,37H,6,11-12,19-20,26-28H2,1-3H3,(H,40,44). The molecule has 1 unspecified atom stereocenters. The molecule has 0 bridgehead atoms. The van der Waals surface area contributed by atoms with Crippen LogP contribution in [-0.4, -0.2) is 43.8 Å². The Hall–Kier alpha value is -4.43. The maximum atomic E-state index is 14.7. The monoisotopic (exact) mass is 651 g/mol. The van der Waals surface area contributed by atoms with Gasteiger partial charge in [0.25, 0.3) is 10.0 Å². The molecular weight excluding hydrogens is 607 g/mol. The van der Waals surface area contributed by atoms with Crippen LogP contribution in [-0.2, 0) is 32.6 Å². The summed E-state index contributed by atoms with van der Waals surface area (Å²) in [5.74, 6) is -0.671. The number of hydrogen-bond donors (Lipinski definition) is 1. The maximum Gasteiger partial charge on any atom is 0.264 e. The highest BCUT2D eigenvalue weighted by molar-refractivity contribution is 7.92. The van der Waals surface area contributed by atoms with Gasteiger partial charge in [-0.15, -0.1) is 0 Å². The zero-order valence-electron chi connectivity index (χ0n) is 27.6. The van der Waals surface area contributed by atoms with Gasteiger partial charge in [0, 0.05) is 19.0 Å². The Morgan fingerprint density at radius 1 is 0.766 bits per heavy atom. The van der Waals surface area contributed by atoms with Crippen LogP contribution in [0.5, 0.6) is 0 Å². The molecule has 1 fully saturated rings. The van der Waals surface area contributed by atoms with Gasteiger partial charge in [-0.1, -0.05) is 110 Å². The van der Waals surface area contributed by atoms with Gasteiger partial charge in [0.1, 0.15) is 12.6 Å². The van der Waals surface area contributed by atoms with Crippen molar-refractivity contribution in [2.75, 3.05) is 10.8 Å². The lowest BCUT2D eigenvalue weighted by Crippen LogP contribution is -2.55. The van der Waals surface area contributed by atoms with E-state index in [9.17, 15) is 18.0 Å². The van der Waals surface area contributed by atoms with Crippen LogP contribution >= 0.6 is 0 Å². The van der Waals surface area contributed by atoms with Crippen LogP contribution < -0.4 is 9.62 Å². The Bertz CT molecular complexity index is 1750. The average molecular weight is 652 g/mol. The van der Waals surface area contributed by atoms with E-state index in [1.54, 1.807) is 41.3 Å². The molecule has 7 nitrogen and oxygen atoms in total. The molecule has 1 atom stereocenters. The third-order valence-electron chi connectivity index (χ3n) is 9.15. The van der Waals surface area contributed by atoms with Gasteiger partial charge in [0.2, 0.25) is 11.8 Å². The first-order valence-electron chi connectivity index (χ1n) is 16.5. The van der Waals surface area contributed by atoms with Gasteiger partial charge in [-0.05, 0) is 74.1 Å². The van der Waals surface area contributed by atoms with E-state index >= 15 is 0 Å². The van der Waals surface area contributed by atoms with E-state index in [-0.39, 0.29) is 23.4 Å². The van der Waals surface area contributed by atoms with Crippen LogP contribution in [0.3, 0.4) is 0 Å². The number of aryl methyl sites for hydroxylation is 2. The summed E-state index contributed by atoms with van der Waals surface area (Å²) in [6.45, 7) is 5.37. The fourth-order valence-corrected chi connectivity index (χ4v) is 7.71. The fraction of sp³-hybridized carbons (Fsp3) is 0.333. The van der Waals surface area contributed by atoms with Crippen LogP contribution in [0.2, 0.25) is 0 Å². The summed E-state index contributed by atoms with van der Waals surface area (Å²) in [6.07, 6.45) is 5.39. The average Bonchev–Trinajstić information content (AvgIpc) is 3.08. The summed E-state index contributed by atoms with van der Waals surface area (Å²) in [5, 5.41) is 3.26. The van der Waals surface area contributed by atoms with Crippen molar-refractivity contribution in [2.24, 2.45) is 0 Å². The summed E-state index contributed by atoms with van der Waals surface area (Å²) in [7, 11) is -4.15. The number of hydrogen-bond acceptors (Lipinski definition) is 4. The first-order valence-corrected chi connectivity index (χ1v) is 17.9. The number of benzene rings is 4. The van der Waals surface area contributed by atoms with Gasteiger partial charge in [-0.3, -0.25) is 13.9 Å². The van der Waals surface area contributed by atoms with E-state index in [0.717, 1.165) is 59.9 Å². The molecule has 4 aromatic carbocycles. The second-order valence-electron chi connectivity index (χ2n) is 12.6. The van der Waals surface area contributed by atoms with Gasteiger partial charge in [0.15, 0.2) is 0 Å². The van der Waals surface area contributed by atoms with Crippen LogP contribution in [0.1, 0.15) is 59.9 Å². The molecule has 8 heteroatoms. The van der Waals surface area contributed by atoms with Crippen molar-refractivity contribution in [3.05, 3.63) is 131 Å². The largest absolute Gasteiger partial charge is 0.352 e. The molecule has 1 N–H and O–H groups in total. The Balaban J connectivity index is 1.57. The number of anilines is 1. The first-order chi connectivity index (χ1) is 22.6. The molecule has 2 amide bonds. The van der Waals surface area contributed by atoms with Crippen molar-refractivity contribution in [3.8, 4) is 0 Å². The lowest BCUT2D eigenvalue weighted by molar-refractivity contribution is -0.140. The number of sulfonamides is 1. The predicted octanol–water partition coefficient (Wildman–Crippen LogP) is 6.90. The molecule has 47 heavy (non-hydrogen) atoms. The zero-order chi connectivity index (χ0) is 33.4. The number of amides is 2. The normalized spacial score (nSPS) is 14.3. The van der Waals surface area contributed by atoms with Gasteiger partial charge in [-0.25, -0.2) is 8.42 Å². The van der Waals surface area contributed by atoms with Gasteiger partial charge in [-0.2, -0.15) is 0 Å². The summed E-state index contributed by atoms with van der Waals surface area (Å²) in [5.41, 5.74) is 4.81. The van der Waals surface area contributed by atoms with Gasteiger partial charge >= 0.3 is 0 Å². The Kier molecular flexibility index (Phi) is 11.1. The molecule has 1 aliphatic carbocycles. The molecule has 0 radical (unpaired) electrons. The minimum atomic E-state index is -4.15. The van der Waals surface area contributed by atoms with Crippen molar-refractivity contribution < 1.29 is 18.0 Å². The summed E-state index contributed by atoms with van der Waals surface area (Å²) >= 11 is 0. The van der Waals surface area contributed by atoms with E-state index < -0.39 is 28.5 Å². The molecule has 0 heterocycles. The minimum absolute atomic E-state index is 0.0524. The summed E-state index contributed by atoms with van der Waals surface area (Å²) in [6, 6.07) is 30.5. The molecule has 246 valence electrons. The third-order valence-corrected chi connectivity index (χ3v) is 10.9. The molecule has 0 saturated heterocycles. The number of carbonyl (C=O) groups excluding carboxylic acids is 2. The van der Waals surface area contributed by atoms with Gasteiger partial charge in [0.05, 0.1) is 10.6 Å². The Morgan fingerprint density at radius 2 is 1.38 bits per heavy atom. The molecule has 1 saturated carbocycles. The third kappa shape index (κ3) is 8.49. The van der Waals surface area contributed by atoms with Crippen molar-refractivity contribution in [3.63, 3.8) is 0 Å². The quantitative estimate of drug-likeness (QED) is 0.181. The van der Waals surface area contributed by atoms with Gasteiger partial charge < -0.3 is 10.2 Å². The maximum absolute atomic E-state index is 14.7. The second-order valence-corrected chi connectivity index (χ2v) is 14.5. The van der Waals surface area contributed by atoms with Crippen molar-refractivity contribution in [1.29, 1.82) is 0 Å². The minimum Gasteiger partial charge on any atom is -0.352 e. The van der Waals surface area contributed by atoms with Crippen LogP contribution in [0, 0.1) is 20.8 Å². The zero-order valence-corrected chi connectivity index (χ0v) is 28.4. The molecule has 0 aliphatic heterocycles. The second kappa shape index (κ2) is 15.4. The van der Waals surface area contributed by atoms with E-state index in [1.807, 2.05) is 87.5 Å². The van der Waals surface area contributed by atoms with E-state index in [1.165, 1.54) is 4.31 Å². The highest BCUT2D eigenvalue weighted by Crippen LogP contribution is 2.30. The topological polar surface area (TPSA) is 86.8 Å². The van der Waals surface area contributed by atoms with Crippen molar-refractivity contribution in [2.45, 2.75) is 82.8 Å². The molecule has 5 rings (SSSR count). The molecule has 4 aromatic rings. The van der Waals surface area contributed by atoms with Crippen molar-refractivity contribution in [1.82, 2.24) is 10.2 Å². The number of nitrogens with one attached hydrogen (secondary N) is 1. The van der Waals surface area contributed by atoms with E-state index in [4.69, 9.17) is 0 Å². The van der Waals surface area contributed by atoms with E-state index in [0.29, 0.717) is 12.1 Å². The molecule has 0 aromatic heterocycles. The molecule has 1 aliphatic rings. The highest BCUT2D eigenvalue weighted by atomic mass is 32.2. The van der Waals surface area contributed by atoms with Crippen LogP contribution in [0.25, 0.3) is 0 Å². The van der Waals surface area contributed by atoms with Crippen LogP contribution in [0.4, 0.5) is 5.69 Å². The molecule has 0 spiro atoms. The Labute approximate surface area is 279 Å². The number of carbonyl (C=O) groups is 2. The SMILES string of the molecule is Cc1ccc(S(=O)(=O)N(CC(=O)N(Cc2ccccc2)C(Cc2ccccc2)C(=O)NC2CCCCC2)c2cccc(C)c2C)cc1. The fourth-order valence-electron chi connectivity index (χ4n) is 6.23. The molecular formula is C39H45N3O4S. The van der Waals surface area contributed by atoms with Crippen molar-refractivity contribution >= 4 is 27.5 Å². The van der Waals surface area contributed by atoms with E-state index in [2.05, 4.69) is 5.32 Å². The summed E-state index contributed by atoms with van der Waals surface area (Å²) < 4.78 is 29.9. The highest BCUT2D eigenvalue weighted by Gasteiger charge is 2.36. The number of rotatable bonds is 12. The van der Waals surface area contributed by atoms with Crippen LogP contribution in [0.15, 0.2) is 108 Å². The lowest BCUT2D eigenvalue weighted by Gasteiger charge is -2.35. The first kappa shape index (κ1) is 33.9. The predicted molar refractivity (Wildman–Crippen MR) is 188 cm³/mol.